The number of carbonyl (C=O) groups is 2. The van der Waals surface area contributed by atoms with Crippen molar-refractivity contribution < 1.29 is 9.59 Å². The van der Waals surface area contributed by atoms with Crippen molar-refractivity contribution in [2.24, 2.45) is 11.8 Å². The van der Waals surface area contributed by atoms with Crippen LogP contribution in [-0.4, -0.2) is 69.8 Å². The number of likely N-dealkylation sites (tertiary alicyclic amines) is 2. The molecule has 2 saturated heterocycles. The predicted molar refractivity (Wildman–Crippen MR) is 98.5 cm³/mol. The quantitative estimate of drug-likeness (QED) is 0.873. The van der Waals surface area contributed by atoms with Crippen molar-refractivity contribution in [3.05, 3.63) is 24.3 Å². The Labute approximate surface area is 155 Å². The van der Waals surface area contributed by atoms with Gasteiger partial charge < -0.3 is 10.2 Å². The molecule has 0 saturated carbocycles. The van der Waals surface area contributed by atoms with E-state index in [4.69, 9.17) is 0 Å². The zero-order chi connectivity index (χ0) is 18.7. The highest BCUT2D eigenvalue weighted by Gasteiger charge is 2.39. The summed E-state index contributed by atoms with van der Waals surface area (Å²) >= 11 is 0. The fourth-order valence-electron chi connectivity index (χ4n) is 4.25. The van der Waals surface area contributed by atoms with Crippen molar-refractivity contribution in [1.29, 1.82) is 0 Å². The number of nitrogens with zero attached hydrogens (tertiary/aromatic N) is 4. The Hall–Kier alpha value is -2.02. The highest BCUT2D eigenvalue weighted by Crippen LogP contribution is 2.29. The van der Waals surface area contributed by atoms with Crippen LogP contribution >= 0.6 is 0 Å². The maximum Gasteiger partial charge on any atom is 0.274 e. The summed E-state index contributed by atoms with van der Waals surface area (Å²) in [6.07, 6.45) is 6.58. The molecule has 142 valence electrons. The number of rotatable bonds is 4. The van der Waals surface area contributed by atoms with Gasteiger partial charge >= 0.3 is 0 Å². The first-order valence-corrected chi connectivity index (χ1v) is 9.52. The van der Waals surface area contributed by atoms with Crippen molar-refractivity contribution in [2.75, 3.05) is 26.2 Å². The molecule has 1 aromatic rings. The van der Waals surface area contributed by atoms with Crippen LogP contribution in [0.4, 0.5) is 0 Å². The van der Waals surface area contributed by atoms with Crippen LogP contribution in [0.5, 0.6) is 0 Å². The fraction of sp³-hybridized carbons (Fsp3) is 0.684. The van der Waals surface area contributed by atoms with Gasteiger partial charge in [-0.25, -0.2) is 4.98 Å². The lowest BCUT2D eigenvalue weighted by Crippen LogP contribution is -2.47. The van der Waals surface area contributed by atoms with E-state index in [2.05, 4.69) is 34.0 Å². The molecule has 0 aliphatic carbocycles. The van der Waals surface area contributed by atoms with Crippen molar-refractivity contribution in [3.63, 3.8) is 0 Å². The first-order valence-electron chi connectivity index (χ1n) is 9.52. The minimum Gasteiger partial charge on any atom is -0.352 e. The molecule has 26 heavy (non-hydrogen) atoms. The van der Waals surface area contributed by atoms with Crippen LogP contribution in [-0.2, 0) is 4.79 Å². The minimum atomic E-state index is -0.0332. The van der Waals surface area contributed by atoms with Crippen LogP contribution in [0.25, 0.3) is 0 Å². The third-order valence-corrected chi connectivity index (χ3v) is 5.69. The summed E-state index contributed by atoms with van der Waals surface area (Å²) in [5, 5.41) is 3.13. The Morgan fingerprint density at radius 2 is 1.92 bits per heavy atom. The van der Waals surface area contributed by atoms with E-state index in [0.717, 1.165) is 39.0 Å². The number of carbonyl (C=O) groups excluding carboxylic acids is 2. The second-order valence-corrected chi connectivity index (χ2v) is 7.78. The molecule has 0 bridgehead atoms. The van der Waals surface area contributed by atoms with E-state index in [1.807, 2.05) is 4.90 Å². The normalized spacial score (nSPS) is 24.8. The van der Waals surface area contributed by atoms with Gasteiger partial charge in [0.25, 0.3) is 5.91 Å². The lowest BCUT2D eigenvalue weighted by atomic mass is 9.91. The van der Waals surface area contributed by atoms with E-state index in [-0.39, 0.29) is 17.9 Å². The molecule has 2 aliphatic rings. The van der Waals surface area contributed by atoms with Gasteiger partial charge in [0.05, 0.1) is 6.20 Å². The molecular weight excluding hydrogens is 330 g/mol. The van der Waals surface area contributed by atoms with Gasteiger partial charge in [-0.3, -0.25) is 19.5 Å². The molecule has 2 aliphatic heterocycles. The average molecular weight is 359 g/mol. The third kappa shape index (κ3) is 4.20. The highest BCUT2D eigenvalue weighted by atomic mass is 16.2. The molecule has 0 spiro atoms. The summed E-state index contributed by atoms with van der Waals surface area (Å²) in [7, 11) is 0. The molecule has 1 aromatic heterocycles. The van der Waals surface area contributed by atoms with E-state index in [1.165, 1.54) is 6.20 Å². The van der Waals surface area contributed by atoms with Gasteiger partial charge in [-0.15, -0.1) is 0 Å². The Balaban J connectivity index is 1.56. The highest BCUT2D eigenvalue weighted by molar-refractivity contribution is 5.92. The third-order valence-electron chi connectivity index (χ3n) is 5.69. The van der Waals surface area contributed by atoms with Gasteiger partial charge in [-0.05, 0) is 24.7 Å². The molecular formula is C19H29N5O2. The number of piperidine rings is 1. The largest absolute Gasteiger partial charge is 0.352 e. The number of hydrogen-bond acceptors (Lipinski definition) is 5. The summed E-state index contributed by atoms with van der Waals surface area (Å²) in [5.41, 5.74) is 0.415. The number of aromatic nitrogens is 2. The monoisotopic (exact) mass is 359 g/mol. The Kier molecular flexibility index (Phi) is 5.86. The van der Waals surface area contributed by atoms with Crippen LogP contribution in [0.2, 0.25) is 0 Å². The van der Waals surface area contributed by atoms with E-state index in [9.17, 15) is 9.59 Å². The average Bonchev–Trinajstić information content (AvgIpc) is 3.05. The van der Waals surface area contributed by atoms with Crippen molar-refractivity contribution in [1.82, 2.24) is 25.1 Å². The minimum absolute atomic E-state index is 0.0332. The number of amides is 2. The second kappa shape index (κ2) is 8.12. The maximum atomic E-state index is 12.5. The summed E-state index contributed by atoms with van der Waals surface area (Å²) in [6, 6.07) is 0.702. The fourth-order valence-corrected chi connectivity index (χ4v) is 4.25. The molecule has 2 amide bonds. The molecule has 0 aromatic carbocycles. The van der Waals surface area contributed by atoms with Crippen molar-refractivity contribution >= 4 is 11.8 Å². The molecule has 7 nitrogen and oxygen atoms in total. The molecule has 3 rings (SSSR count). The van der Waals surface area contributed by atoms with Crippen LogP contribution in [0.1, 0.15) is 44.1 Å². The number of nitrogens with one attached hydrogen (secondary N) is 1. The molecule has 3 heterocycles. The second-order valence-electron chi connectivity index (χ2n) is 7.78. The summed E-state index contributed by atoms with van der Waals surface area (Å²) < 4.78 is 0. The maximum absolute atomic E-state index is 12.5. The van der Waals surface area contributed by atoms with Crippen LogP contribution in [0.3, 0.4) is 0 Å². The van der Waals surface area contributed by atoms with Crippen molar-refractivity contribution in [3.8, 4) is 0 Å². The first-order chi connectivity index (χ1) is 12.5. The zero-order valence-corrected chi connectivity index (χ0v) is 15.9. The van der Waals surface area contributed by atoms with E-state index in [0.29, 0.717) is 23.6 Å². The smallest absolute Gasteiger partial charge is 0.274 e. The van der Waals surface area contributed by atoms with Gasteiger partial charge in [0.1, 0.15) is 5.69 Å². The zero-order valence-electron chi connectivity index (χ0n) is 15.9. The number of hydrogen-bond donors (Lipinski definition) is 1. The Morgan fingerprint density at radius 3 is 2.50 bits per heavy atom. The molecule has 0 unspecified atom stereocenters. The molecule has 1 N–H and O–H groups in total. The van der Waals surface area contributed by atoms with Gasteiger partial charge in [-0.2, -0.15) is 0 Å². The van der Waals surface area contributed by atoms with Gasteiger partial charge in [0.2, 0.25) is 5.91 Å². The SMILES string of the molecule is CC(=O)N[C@@H]1CN(C2CCN(C(=O)c3cnccn3)CC2)C[C@H]1C(C)C. The topological polar surface area (TPSA) is 78.4 Å². The Morgan fingerprint density at radius 1 is 1.19 bits per heavy atom. The van der Waals surface area contributed by atoms with E-state index < -0.39 is 0 Å². The standard InChI is InChI=1S/C19H29N5O2/c1-13(2)16-11-24(12-18(16)22-14(3)25)15-4-8-23(9-5-15)19(26)17-10-20-6-7-21-17/h6-7,10,13,15-16,18H,4-5,8-9,11-12H2,1-3H3,(H,22,25)/t16-,18+/m0/s1. The van der Waals surface area contributed by atoms with Crippen LogP contribution in [0, 0.1) is 11.8 Å². The van der Waals surface area contributed by atoms with E-state index >= 15 is 0 Å². The Bertz CT molecular complexity index is 628. The predicted octanol–water partition coefficient (Wildman–Crippen LogP) is 1.17. The van der Waals surface area contributed by atoms with Gasteiger partial charge in [0, 0.05) is 57.6 Å². The van der Waals surface area contributed by atoms with Gasteiger partial charge in [-0.1, -0.05) is 13.8 Å². The van der Waals surface area contributed by atoms with Gasteiger partial charge in [0.15, 0.2) is 0 Å². The van der Waals surface area contributed by atoms with E-state index in [1.54, 1.807) is 19.3 Å². The molecule has 2 atom stereocenters. The lowest BCUT2D eigenvalue weighted by Gasteiger charge is -2.36. The van der Waals surface area contributed by atoms with Crippen LogP contribution < -0.4 is 5.32 Å². The summed E-state index contributed by atoms with van der Waals surface area (Å²) in [4.78, 5) is 36.5. The van der Waals surface area contributed by atoms with Crippen LogP contribution in [0.15, 0.2) is 18.6 Å². The summed E-state index contributed by atoms with van der Waals surface area (Å²) in [6.45, 7) is 9.46. The molecule has 2 fully saturated rings. The molecule has 0 radical (unpaired) electrons. The lowest BCUT2D eigenvalue weighted by molar-refractivity contribution is -0.119. The van der Waals surface area contributed by atoms with Crippen molar-refractivity contribution in [2.45, 2.75) is 45.7 Å². The summed E-state index contributed by atoms with van der Waals surface area (Å²) in [5.74, 6) is 1.04. The first kappa shape index (κ1) is 18.8. The molecule has 7 heteroatoms.